The Balaban J connectivity index is 1.35. The van der Waals surface area contributed by atoms with Crippen LogP contribution in [0.5, 0.6) is 0 Å². The molecule has 2 atom stereocenters. The summed E-state index contributed by atoms with van der Waals surface area (Å²) in [6, 6.07) is 6.91. The van der Waals surface area contributed by atoms with Crippen LogP contribution in [0.25, 0.3) is 10.9 Å². The number of nitrogens with zero attached hydrogens (tertiary/aromatic N) is 5. The van der Waals surface area contributed by atoms with Crippen molar-refractivity contribution in [2.75, 3.05) is 23.8 Å². The van der Waals surface area contributed by atoms with Gasteiger partial charge in [0.15, 0.2) is 5.82 Å². The second-order valence-electron chi connectivity index (χ2n) is 10.4. The molecule has 42 heavy (non-hydrogen) atoms. The Labute approximate surface area is 239 Å². The van der Waals surface area contributed by atoms with E-state index in [9.17, 15) is 22.8 Å². The van der Waals surface area contributed by atoms with Gasteiger partial charge in [-0.2, -0.15) is 18.3 Å². The Morgan fingerprint density at radius 1 is 1.05 bits per heavy atom. The fraction of sp³-hybridized carbons (Fsp3) is 0.345. The lowest BCUT2D eigenvalue weighted by atomic mass is 10.1. The molecule has 3 aromatic heterocycles. The lowest BCUT2D eigenvalue weighted by molar-refractivity contribution is -0.153. The topological polar surface area (TPSA) is 114 Å². The van der Waals surface area contributed by atoms with Crippen molar-refractivity contribution in [3.05, 3.63) is 76.9 Å². The average molecular weight is 582 g/mol. The largest absolute Gasteiger partial charge is 0.417 e. The zero-order chi connectivity index (χ0) is 30.2. The minimum absolute atomic E-state index is 0.0169. The number of alkyl halides is 3. The first-order chi connectivity index (χ1) is 19.9. The molecule has 0 unspecified atom stereocenters. The van der Waals surface area contributed by atoms with E-state index in [4.69, 9.17) is 4.74 Å². The SMILES string of the molecule is Cc1ccc(CNc2ncc(NC(=O)C(=O)N3[C@H](C)COC[C@@H]3c3ccc(C(F)(F)F)cn3)c3cnn(C)c23)cc1C. The Hall–Kier alpha value is -4.52. The number of fused-ring (bicyclic) bond motifs is 1. The van der Waals surface area contributed by atoms with Crippen LogP contribution in [-0.2, 0) is 34.1 Å². The number of hydrogen-bond donors (Lipinski definition) is 2. The van der Waals surface area contributed by atoms with Crippen molar-refractivity contribution in [2.24, 2.45) is 7.05 Å². The molecule has 4 heterocycles. The second kappa shape index (κ2) is 11.4. The molecule has 0 bridgehead atoms. The number of carbonyl (C=O) groups is 2. The van der Waals surface area contributed by atoms with Crippen molar-refractivity contribution in [1.29, 1.82) is 0 Å². The summed E-state index contributed by atoms with van der Waals surface area (Å²) < 4.78 is 46.3. The molecule has 13 heteroatoms. The zero-order valence-electron chi connectivity index (χ0n) is 23.5. The zero-order valence-corrected chi connectivity index (χ0v) is 23.5. The molecule has 5 rings (SSSR count). The Morgan fingerprint density at radius 3 is 2.52 bits per heavy atom. The van der Waals surface area contributed by atoms with E-state index in [0.29, 0.717) is 35.1 Å². The molecule has 4 aromatic rings. The highest BCUT2D eigenvalue weighted by Gasteiger charge is 2.38. The van der Waals surface area contributed by atoms with Gasteiger partial charge in [0.05, 0.1) is 54.6 Å². The molecule has 0 saturated carbocycles. The van der Waals surface area contributed by atoms with Crippen LogP contribution in [0.15, 0.2) is 48.9 Å². The first kappa shape index (κ1) is 29.0. The van der Waals surface area contributed by atoms with E-state index < -0.39 is 35.6 Å². The molecule has 1 aliphatic rings. The smallest absolute Gasteiger partial charge is 0.377 e. The average Bonchev–Trinajstić information content (AvgIpc) is 3.35. The van der Waals surface area contributed by atoms with Crippen LogP contribution in [-0.4, -0.2) is 55.7 Å². The Bertz CT molecular complexity index is 1640. The predicted octanol–water partition coefficient (Wildman–Crippen LogP) is 4.54. The maximum Gasteiger partial charge on any atom is 0.417 e. The fourth-order valence-electron chi connectivity index (χ4n) is 4.95. The normalized spacial score (nSPS) is 17.4. The standard InChI is InChI=1S/C29H30F3N7O3/c1-16-5-6-19(9-17(16)2)10-34-26-25-21(12-36-38(25)4)23(13-35-26)37-27(40)28(41)39-18(3)14-42-15-24(39)22-8-7-20(11-33-22)29(30,31)32/h5-9,11-13,18,24H,10,14-15H2,1-4H3,(H,34,35)(H,37,40)/t18-,24-/m1/s1. The monoisotopic (exact) mass is 581 g/mol. The number of carbonyl (C=O) groups excluding carboxylic acids is 2. The lowest BCUT2D eigenvalue weighted by Gasteiger charge is -2.39. The number of pyridine rings is 2. The minimum Gasteiger partial charge on any atom is -0.377 e. The van der Waals surface area contributed by atoms with Crippen LogP contribution in [0.4, 0.5) is 24.7 Å². The maximum absolute atomic E-state index is 13.4. The summed E-state index contributed by atoms with van der Waals surface area (Å²) in [5.74, 6) is -1.24. The number of benzene rings is 1. The van der Waals surface area contributed by atoms with Gasteiger partial charge in [0.1, 0.15) is 5.52 Å². The van der Waals surface area contributed by atoms with E-state index in [-0.39, 0.29) is 18.9 Å². The molecular weight excluding hydrogens is 551 g/mol. The number of hydrogen-bond acceptors (Lipinski definition) is 7. The van der Waals surface area contributed by atoms with E-state index >= 15 is 0 Å². The predicted molar refractivity (Wildman–Crippen MR) is 149 cm³/mol. The Kier molecular flexibility index (Phi) is 7.87. The van der Waals surface area contributed by atoms with Gasteiger partial charge in [-0.05, 0) is 49.6 Å². The molecule has 1 aromatic carbocycles. The van der Waals surface area contributed by atoms with Gasteiger partial charge in [-0.1, -0.05) is 18.2 Å². The quantitative estimate of drug-likeness (QED) is 0.333. The lowest BCUT2D eigenvalue weighted by Crippen LogP contribution is -2.52. The van der Waals surface area contributed by atoms with Gasteiger partial charge in [0.2, 0.25) is 0 Å². The van der Waals surface area contributed by atoms with Crippen LogP contribution in [0, 0.1) is 13.8 Å². The number of nitrogens with one attached hydrogen (secondary N) is 2. The molecule has 0 aliphatic carbocycles. The van der Waals surface area contributed by atoms with Gasteiger partial charge in [-0.3, -0.25) is 19.3 Å². The van der Waals surface area contributed by atoms with E-state index in [1.165, 1.54) is 28.3 Å². The number of aromatic nitrogens is 4. The van der Waals surface area contributed by atoms with Crippen LogP contribution < -0.4 is 10.6 Å². The third-order valence-electron chi connectivity index (χ3n) is 7.38. The number of halogens is 3. The molecule has 10 nitrogen and oxygen atoms in total. The number of ether oxygens (including phenoxy) is 1. The third kappa shape index (κ3) is 5.77. The highest BCUT2D eigenvalue weighted by molar-refractivity contribution is 6.40. The maximum atomic E-state index is 13.4. The van der Waals surface area contributed by atoms with E-state index in [1.807, 2.05) is 6.07 Å². The van der Waals surface area contributed by atoms with Gasteiger partial charge < -0.3 is 20.3 Å². The van der Waals surface area contributed by atoms with Crippen molar-refractivity contribution in [3.63, 3.8) is 0 Å². The number of aryl methyl sites for hydroxylation is 3. The molecule has 2 N–H and O–H groups in total. The third-order valence-corrected chi connectivity index (χ3v) is 7.38. The molecule has 1 fully saturated rings. The number of morpholine rings is 1. The highest BCUT2D eigenvalue weighted by atomic mass is 19.4. The van der Waals surface area contributed by atoms with Crippen LogP contribution in [0.3, 0.4) is 0 Å². The first-order valence-corrected chi connectivity index (χ1v) is 13.3. The minimum atomic E-state index is -4.55. The molecule has 220 valence electrons. The Morgan fingerprint density at radius 2 is 1.83 bits per heavy atom. The summed E-state index contributed by atoms with van der Waals surface area (Å²) in [5, 5.41) is 10.9. The van der Waals surface area contributed by atoms with Crippen molar-refractivity contribution in [2.45, 2.75) is 45.6 Å². The summed E-state index contributed by atoms with van der Waals surface area (Å²) >= 11 is 0. The molecule has 1 saturated heterocycles. The van der Waals surface area contributed by atoms with E-state index in [1.54, 1.807) is 24.9 Å². The summed E-state index contributed by atoms with van der Waals surface area (Å²) in [4.78, 5) is 36.4. The second-order valence-corrected chi connectivity index (χ2v) is 10.4. The number of rotatable bonds is 5. The van der Waals surface area contributed by atoms with Crippen LogP contribution >= 0.6 is 0 Å². The number of amides is 2. The fourth-order valence-corrected chi connectivity index (χ4v) is 4.95. The van der Waals surface area contributed by atoms with Crippen molar-refractivity contribution in [1.82, 2.24) is 24.6 Å². The molecule has 2 amide bonds. The van der Waals surface area contributed by atoms with E-state index in [0.717, 1.165) is 11.6 Å². The van der Waals surface area contributed by atoms with Gasteiger partial charge >= 0.3 is 18.0 Å². The first-order valence-electron chi connectivity index (χ1n) is 13.3. The number of anilines is 2. The molecular formula is C29H30F3N7O3. The van der Waals surface area contributed by atoms with Crippen LogP contribution in [0.2, 0.25) is 0 Å². The molecule has 0 spiro atoms. The van der Waals surface area contributed by atoms with Gasteiger partial charge in [0, 0.05) is 25.2 Å². The summed E-state index contributed by atoms with van der Waals surface area (Å²) in [5.41, 5.74) is 3.66. The van der Waals surface area contributed by atoms with Crippen molar-refractivity contribution < 1.29 is 27.5 Å². The van der Waals surface area contributed by atoms with Gasteiger partial charge in [0.25, 0.3) is 0 Å². The van der Waals surface area contributed by atoms with Gasteiger partial charge in [-0.15, -0.1) is 0 Å². The molecule has 1 aliphatic heterocycles. The summed E-state index contributed by atoms with van der Waals surface area (Å²) in [6.07, 6.45) is -0.814. The van der Waals surface area contributed by atoms with E-state index in [2.05, 4.69) is 51.7 Å². The molecule has 0 radical (unpaired) electrons. The van der Waals surface area contributed by atoms with Crippen LogP contribution in [0.1, 0.15) is 40.9 Å². The van der Waals surface area contributed by atoms with Crippen molar-refractivity contribution in [3.8, 4) is 0 Å². The van der Waals surface area contributed by atoms with Gasteiger partial charge in [-0.25, -0.2) is 4.98 Å². The summed E-state index contributed by atoms with van der Waals surface area (Å²) in [7, 11) is 1.75. The van der Waals surface area contributed by atoms with Crippen molar-refractivity contribution >= 4 is 34.2 Å². The summed E-state index contributed by atoms with van der Waals surface area (Å²) in [6.45, 7) is 6.46. The highest BCUT2D eigenvalue weighted by Crippen LogP contribution is 2.32.